The minimum atomic E-state index is -0.869. The molecule has 0 aliphatic heterocycles. The number of ether oxygens (including phenoxy) is 2. The number of benzene rings is 1. The van der Waals surface area contributed by atoms with E-state index in [2.05, 4.69) is 0 Å². The molecular weight excluding hydrogens is 339 g/mol. The molecule has 2 aromatic rings. The molecule has 0 aliphatic rings. The fourth-order valence-corrected chi connectivity index (χ4v) is 4.21. The van der Waals surface area contributed by atoms with Gasteiger partial charge in [-0.1, -0.05) is 0 Å². The third-order valence-corrected chi connectivity index (χ3v) is 5.48. The van der Waals surface area contributed by atoms with Gasteiger partial charge >= 0.3 is 128 Å². The van der Waals surface area contributed by atoms with Gasteiger partial charge in [0.15, 0.2) is 0 Å². The molecule has 1 N–H and O–H groups in total. The number of ketones is 1. The molecule has 0 aliphatic carbocycles. The zero-order valence-corrected chi connectivity index (χ0v) is 13.6. The van der Waals surface area contributed by atoms with Crippen molar-refractivity contribution < 1.29 is 24.2 Å². The Hall–Kier alpha value is -1.78. The number of carbonyl (C=O) groups is 2. The van der Waals surface area contributed by atoms with Crippen molar-refractivity contribution in [2.75, 3.05) is 14.2 Å². The molecule has 112 valence electrons. The Labute approximate surface area is 128 Å². The van der Waals surface area contributed by atoms with Crippen molar-refractivity contribution in [1.29, 1.82) is 0 Å². The molecule has 1 aromatic carbocycles. The molecule has 0 radical (unpaired) electrons. The Morgan fingerprint density at radius 2 is 1.76 bits per heavy atom. The molecule has 21 heavy (non-hydrogen) atoms. The molecule has 0 saturated carbocycles. The topological polar surface area (TPSA) is 72.8 Å². The van der Waals surface area contributed by atoms with Crippen LogP contribution in [-0.4, -0.2) is 45.6 Å². The van der Waals surface area contributed by atoms with Crippen molar-refractivity contribution in [1.82, 2.24) is 0 Å². The van der Waals surface area contributed by atoms with E-state index in [0.717, 1.165) is 14.1 Å². The summed E-state index contributed by atoms with van der Waals surface area (Å²) in [5, 5.41) is 9.58. The van der Waals surface area contributed by atoms with Gasteiger partial charge in [0.25, 0.3) is 0 Å². The van der Waals surface area contributed by atoms with Gasteiger partial charge in [-0.05, 0) is 0 Å². The first kappa shape index (κ1) is 15.6. The van der Waals surface area contributed by atoms with Crippen LogP contribution in [0.15, 0.2) is 18.2 Å². The summed E-state index contributed by atoms with van der Waals surface area (Å²) in [6.45, 7) is 0. The van der Waals surface area contributed by atoms with Crippen LogP contribution in [0.5, 0.6) is 11.5 Å². The van der Waals surface area contributed by atoms with E-state index in [9.17, 15) is 9.59 Å². The molecule has 0 spiro atoms. The van der Waals surface area contributed by atoms with Gasteiger partial charge in [-0.15, -0.1) is 0 Å². The van der Waals surface area contributed by atoms with Gasteiger partial charge in [0.05, 0.1) is 0 Å². The molecule has 0 amide bonds. The van der Waals surface area contributed by atoms with Crippen molar-refractivity contribution in [3.63, 3.8) is 0 Å². The Morgan fingerprint density at radius 1 is 1.10 bits per heavy atom. The standard InChI is InChI=1S/C15H16O5Se/c1-19-11-6-9-7-14(10(16)4-3-5-15(17)18)21-13(9)8-12(11)20-2/h6-8H,3-5H2,1-2H3,(H,17,18). The average molecular weight is 355 g/mol. The van der Waals surface area contributed by atoms with Gasteiger partial charge in [0.1, 0.15) is 0 Å². The summed E-state index contributed by atoms with van der Waals surface area (Å²) in [4.78, 5) is 22.6. The molecule has 6 heteroatoms. The maximum absolute atomic E-state index is 12.1. The zero-order valence-electron chi connectivity index (χ0n) is 11.8. The van der Waals surface area contributed by atoms with E-state index < -0.39 is 5.97 Å². The third-order valence-electron chi connectivity index (χ3n) is 3.09. The normalized spacial score (nSPS) is 10.6. The van der Waals surface area contributed by atoms with Crippen LogP contribution in [0.3, 0.4) is 0 Å². The maximum atomic E-state index is 12.1. The molecule has 0 atom stereocenters. The number of methoxy groups -OCH3 is 2. The second-order valence-corrected chi connectivity index (χ2v) is 6.80. The quantitative estimate of drug-likeness (QED) is 0.610. The first-order valence-electron chi connectivity index (χ1n) is 6.45. The van der Waals surface area contributed by atoms with Crippen LogP contribution in [0.2, 0.25) is 0 Å². The molecule has 0 fully saturated rings. The SMILES string of the molecule is COc1cc2cc(C(=O)CCCC(=O)O)[se]c2cc1OC. The van der Waals surface area contributed by atoms with Gasteiger partial charge in [0.2, 0.25) is 0 Å². The van der Waals surface area contributed by atoms with Crippen LogP contribution in [0, 0.1) is 0 Å². The van der Waals surface area contributed by atoms with Gasteiger partial charge in [0, 0.05) is 0 Å². The number of aliphatic carboxylic acids is 1. The number of hydrogen-bond donors (Lipinski definition) is 1. The summed E-state index contributed by atoms with van der Waals surface area (Å²) in [5.41, 5.74) is 0. The number of carboxylic acids is 1. The van der Waals surface area contributed by atoms with E-state index in [1.807, 2.05) is 18.2 Å². The van der Waals surface area contributed by atoms with Crippen LogP contribution in [0.4, 0.5) is 0 Å². The monoisotopic (exact) mass is 356 g/mol. The number of carboxylic acid groups (broad SMARTS) is 1. The van der Waals surface area contributed by atoms with Crippen molar-refractivity contribution in [3.8, 4) is 11.5 Å². The van der Waals surface area contributed by atoms with Crippen LogP contribution >= 0.6 is 0 Å². The Bertz CT molecular complexity index is 633. The summed E-state index contributed by atoms with van der Waals surface area (Å²) in [7, 11) is 3.16. The van der Waals surface area contributed by atoms with E-state index in [4.69, 9.17) is 14.6 Å². The minimum absolute atomic E-state index is 0.0284. The van der Waals surface area contributed by atoms with Crippen molar-refractivity contribution in [3.05, 3.63) is 22.6 Å². The second kappa shape index (κ2) is 6.78. The van der Waals surface area contributed by atoms with Crippen LogP contribution in [-0.2, 0) is 4.79 Å². The van der Waals surface area contributed by atoms with Crippen molar-refractivity contribution >= 4 is 35.9 Å². The van der Waals surface area contributed by atoms with Crippen LogP contribution < -0.4 is 9.47 Å². The Morgan fingerprint density at radius 3 is 2.38 bits per heavy atom. The van der Waals surface area contributed by atoms with Gasteiger partial charge in [-0.3, -0.25) is 0 Å². The van der Waals surface area contributed by atoms with Crippen molar-refractivity contribution in [2.45, 2.75) is 19.3 Å². The van der Waals surface area contributed by atoms with Crippen molar-refractivity contribution in [2.24, 2.45) is 0 Å². The summed E-state index contributed by atoms with van der Waals surface area (Å²) in [6, 6.07) is 5.65. The zero-order chi connectivity index (χ0) is 15.4. The fourth-order valence-electron chi connectivity index (χ4n) is 2.03. The molecule has 2 rings (SSSR count). The first-order chi connectivity index (χ1) is 10.0. The predicted molar refractivity (Wildman–Crippen MR) is 79.8 cm³/mol. The summed E-state index contributed by atoms with van der Waals surface area (Å²) in [6.07, 6.45) is 0.688. The Balaban J connectivity index is 2.22. The van der Waals surface area contributed by atoms with E-state index in [-0.39, 0.29) is 33.1 Å². The predicted octanol–water partition coefficient (Wildman–Crippen LogP) is 2.35. The van der Waals surface area contributed by atoms with Gasteiger partial charge in [-0.2, -0.15) is 0 Å². The molecular formula is C15H16O5Se. The molecule has 1 heterocycles. The van der Waals surface area contributed by atoms with Crippen LogP contribution in [0.1, 0.15) is 28.5 Å². The molecule has 0 bridgehead atoms. The van der Waals surface area contributed by atoms with Crippen LogP contribution in [0.25, 0.3) is 9.65 Å². The summed E-state index contributed by atoms with van der Waals surface area (Å²) < 4.78 is 12.4. The second-order valence-electron chi connectivity index (χ2n) is 4.53. The average Bonchev–Trinajstić information content (AvgIpc) is 2.87. The first-order valence-corrected chi connectivity index (χ1v) is 8.17. The molecule has 0 saturated heterocycles. The third kappa shape index (κ3) is 3.65. The summed E-state index contributed by atoms with van der Waals surface area (Å²) >= 11 is -0.0603. The number of hydrogen-bond acceptors (Lipinski definition) is 4. The van der Waals surface area contributed by atoms with E-state index in [0.29, 0.717) is 17.9 Å². The van der Waals surface area contributed by atoms with E-state index in [1.165, 1.54) is 0 Å². The molecule has 5 nitrogen and oxygen atoms in total. The fraction of sp³-hybridized carbons (Fsp3) is 0.333. The van der Waals surface area contributed by atoms with Gasteiger partial charge < -0.3 is 0 Å². The molecule has 0 unspecified atom stereocenters. The Kier molecular flexibility index (Phi) is 5.04. The van der Waals surface area contributed by atoms with E-state index >= 15 is 0 Å². The number of rotatable bonds is 7. The van der Waals surface area contributed by atoms with Gasteiger partial charge in [-0.25, -0.2) is 0 Å². The summed E-state index contributed by atoms with van der Waals surface area (Å²) in [5.74, 6) is 0.464. The number of fused-ring (bicyclic) bond motifs is 1. The number of Topliss-reactive ketones (excluding diaryl/α,β-unsaturated/α-hetero) is 1. The number of carbonyl (C=O) groups excluding carboxylic acids is 1. The van der Waals surface area contributed by atoms with E-state index in [1.54, 1.807) is 14.2 Å². The molecule has 1 aromatic heterocycles.